The van der Waals surface area contributed by atoms with Crippen molar-refractivity contribution in [3.05, 3.63) is 35.4 Å². The fraction of sp³-hybridized carbons (Fsp3) is 0.500. The van der Waals surface area contributed by atoms with E-state index >= 15 is 0 Å². The van der Waals surface area contributed by atoms with Crippen molar-refractivity contribution >= 4 is 9.84 Å². The van der Waals surface area contributed by atoms with Crippen molar-refractivity contribution < 1.29 is 13.5 Å². The Morgan fingerprint density at radius 2 is 1.81 bits per heavy atom. The van der Waals surface area contributed by atoms with Gasteiger partial charge in [0, 0.05) is 24.7 Å². The average Bonchev–Trinajstić information content (AvgIpc) is 2.92. The van der Waals surface area contributed by atoms with Crippen LogP contribution in [0.25, 0.3) is 0 Å². The van der Waals surface area contributed by atoms with Crippen molar-refractivity contribution in [1.82, 2.24) is 0 Å². The van der Waals surface area contributed by atoms with Crippen molar-refractivity contribution in [1.29, 1.82) is 0 Å². The third-order valence-electron chi connectivity index (χ3n) is 3.26. The van der Waals surface area contributed by atoms with Crippen LogP contribution in [0.15, 0.2) is 24.3 Å². The van der Waals surface area contributed by atoms with Crippen LogP contribution in [-0.4, -0.2) is 31.6 Å². The summed E-state index contributed by atoms with van der Waals surface area (Å²) in [5.41, 5.74) is 2.17. The van der Waals surface area contributed by atoms with Gasteiger partial charge in [0.1, 0.15) is 0 Å². The van der Waals surface area contributed by atoms with Crippen LogP contribution in [-0.2, 0) is 9.84 Å². The van der Waals surface area contributed by atoms with Gasteiger partial charge >= 0.3 is 0 Å². The number of aliphatic hydroxyl groups excluding tert-OH is 1. The van der Waals surface area contributed by atoms with Gasteiger partial charge in [-0.15, -0.1) is 0 Å². The highest BCUT2D eigenvalue weighted by Crippen LogP contribution is 2.51. The van der Waals surface area contributed by atoms with Crippen molar-refractivity contribution in [2.45, 2.75) is 18.1 Å². The Morgan fingerprint density at radius 1 is 1.25 bits per heavy atom. The lowest BCUT2D eigenvalue weighted by Gasteiger charge is -2.00. The highest BCUT2D eigenvalue weighted by atomic mass is 32.2. The molecule has 88 valence electrons. The quantitative estimate of drug-likeness (QED) is 0.861. The van der Waals surface area contributed by atoms with Crippen LogP contribution in [0, 0.1) is 12.8 Å². The van der Waals surface area contributed by atoms with E-state index in [4.69, 9.17) is 5.11 Å². The second-order valence-corrected chi connectivity index (χ2v) is 6.78. The van der Waals surface area contributed by atoms with Crippen LogP contribution in [0.3, 0.4) is 0 Å². The van der Waals surface area contributed by atoms with Crippen LogP contribution in [0.5, 0.6) is 0 Å². The van der Waals surface area contributed by atoms with Crippen LogP contribution in [0.1, 0.15) is 17.0 Å². The topological polar surface area (TPSA) is 54.4 Å². The van der Waals surface area contributed by atoms with E-state index < -0.39 is 15.1 Å². The van der Waals surface area contributed by atoms with Gasteiger partial charge in [-0.25, -0.2) is 8.42 Å². The first-order valence-corrected chi connectivity index (χ1v) is 7.27. The van der Waals surface area contributed by atoms with Gasteiger partial charge in [0.15, 0.2) is 9.84 Å². The molecule has 0 aromatic heterocycles. The molecule has 1 aliphatic rings. The zero-order chi connectivity index (χ0) is 11.9. The first kappa shape index (κ1) is 11.6. The molecule has 0 amide bonds. The predicted octanol–water partition coefficient (Wildman–Crippen LogP) is 1.11. The lowest BCUT2D eigenvalue weighted by atomic mass is 10.1. The number of hydrogen-bond donors (Lipinski definition) is 1. The van der Waals surface area contributed by atoms with Gasteiger partial charge < -0.3 is 5.11 Å². The Balaban J connectivity index is 2.27. The molecular weight excluding hydrogens is 224 g/mol. The maximum atomic E-state index is 11.5. The molecule has 2 rings (SSSR count). The summed E-state index contributed by atoms with van der Waals surface area (Å²) in [5.74, 6) is -0.154. The normalized spacial score (nSPS) is 29.1. The van der Waals surface area contributed by atoms with Crippen molar-refractivity contribution in [3.8, 4) is 0 Å². The monoisotopic (exact) mass is 240 g/mol. The summed E-state index contributed by atoms with van der Waals surface area (Å²) in [4.78, 5) is 0. The lowest BCUT2D eigenvalue weighted by Crippen LogP contribution is -2.08. The second-order valence-electron chi connectivity index (χ2n) is 4.58. The Kier molecular flexibility index (Phi) is 2.80. The van der Waals surface area contributed by atoms with Crippen molar-refractivity contribution in [3.63, 3.8) is 0 Å². The van der Waals surface area contributed by atoms with Gasteiger partial charge in [-0.1, -0.05) is 29.8 Å². The molecule has 0 spiro atoms. The molecule has 3 nitrogen and oxygen atoms in total. The van der Waals surface area contributed by atoms with Crippen LogP contribution < -0.4 is 0 Å². The molecular formula is C12H16O3S. The SMILES string of the molecule is Cc1ccc([C@H]2[C@@H](CO)[C@@H]2S(C)(=O)=O)cc1. The van der Waals surface area contributed by atoms with Crippen molar-refractivity contribution in [2.75, 3.05) is 12.9 Å². The van der Waals surface area contributed by atoms with Crippen LogP contribution in [0.2, 0.25) is 0 Å². The Bertz CT molecular complexity index is 475. The maximum absolute atomic E-state index is 11.5. The standard InChI is InChI=1S/C12H16O3S/c1-8-3-5-9(6-4-8)11-10(7-13)12(11)16(2,14)15/h3-6,10-13H,7H2,1-2H3/t10-,11+,12+/m1/s1. The summed E-state index contributed by atoms with van der Waals surface area (Å²) in [6.07, 6.45) is 1.24. The summed E-state index contributed by atoms with van der Waals surface area (Å²) in [6, 6.07) is 7.85. The Hall–Kier alpha value is -0.870. The highest BCUT2D eigenvalue weighted by molar-refractivity contribution is 7.91. The molecule has 0 unspecified atom stereocenters. The smallest absolute Gasteiger partial charge is 0.151 e. The molecule has 0 radical (unpaired) electrons. The van der Waals surface area contributed by atoms with E-state index in [1.165, 1.54) is 6.26 Å². The second kappa shape index (κ2) is 3.86. The number of aliphatic hydroxyl groups is 1. The van der Waals surface area contributed by atoms with Gasteiger partial charge in [-0.2, -0.15) is 0 Å². The summed E-state index contributed by atoms with van der Waals surface area (Å²) >= 11 is 0. The third kappa shape index (κ3) is 1.99. The molecule has 16 heavy (non-hydrogen) atoms. The van der Waals surface area contributed by atoms with E-state index in [1.54, 1.807) is 0 Å². The fourth-order valence-corrected chi connectivity index (χ4v) is 4.06. The minimum absolute atomic E-state index is 0.0272. The molecule has 1 aromatic rings. The van der Waals surface area contributed by atoms with Crippen molar-refractivity contribution in [2.24, 2.45) is 5.92 Å². The number of sulfone groups is 1. The highest BCUT2D eigenvalue weighted by Gasteiger charge is 2.56. The Morgan fingerprint density at radius 3 is 2.19 bits per heavy atom. The van der Waals surface area contributed by atoms with E-state index in [2.05, 4.69) is 0 Å². The first-order chi connectivity index (χ1) is 7.45. The molecule has 1 saturated carbocycles. The molecule has 1 fully saturated rings. The van der Waals surface area contributed by atoms with Gasteiger partial charge in [-0.3, -0.25) is 0 Å². The number of rotatable bonds is 3. The largest absolute Gasteiger partial charge is 0.396 e. The fourth-order valence-electron chi connectivity index (χ4n) is 2.37. The van der Waals surface area contributed by atoms with Gasteiger partial charge in [0.25, 0.3) is 0 Å². The molecule has 0 heterocycles. The Labute approximate surface area is 96.0 Å². The predicted molar refractivity (Wildman–Crippen MR) is 63.1 cm³/mol. The summed E-state index contributed by atoms with van der Waals surface area (Å²) < 4.78 is 23.0. The summed E-state index contributed by atoms with van der Waals surface area (Å²) in [6.45, 7) is 1.94. The zero-order valence-corrected chi connectivity index (χ0v) is 10.2. The lowest BCUT2D eigenvalue weighted by molar-refractivity contribution is 0.274. The molecule has 1 aromatic carbocycles. The van der Waals surface area contributed by atoms with Crippen LogP contribution >= 0.6 is 0 Å². The van der Waals surface area contributed by atoms with E-state index in [1.807, 2.05) is 31.2 Å². The average molecular weight is 240 g/mol. The summed E-state index contributed by atoms with van der Waals surface area (Å²) in [5, 5.41) is 8.76. The van der Waals surface area contributed by atoms with Gasteiger partial charge in [0.05, 0.1) is 5.25 Å². The van der Waals surface area contributed by atoms with E-state index in [0.717, 1.165) is 11.1 Å². The minimum atomic E-state index is -3.06. The number of aryl methyl sites for hydroxylation is 1. The molecule has 0 bridgehead atoms. The zero-order valence-electron chi connectivity index (χ0n) is 9.42. The molecule has 1 aliphatic carbocycles. The summed E-state index contributed by atoms with van der Waals surface area (Å²) in [7, 11) is -3.06. The molecule has 3 atom stereocenters. The number of hydrogen-bond acceptors (Lipinski definition) is 3. The first-order valence-electron chi connectivity index (χ1n) is 5.31. The van der Waals surface area contributed by atoms with Gasteiger partial charge in [-0.05, 0) is 12.5 Å². The van der Waals surface area contributed by atoms with E-state index in [0.29, 0.717) is 0 Å². The van der Waals surface area contributed by atoms with Gasteiger partial charge in [0.2, 0.25) is 0 Å². The van der Waals surface area contributed by atoms with Crippen LogP contribution in [0.4, 0.5) is 0 Å². The molecule has 0 saturated heterocycles. The van der Waals surface area contributed by atoms with E-state index in [9.17, 15) is 8.42 Å². The van der Waals surface area contributed by atoms with E-state index in [-0.39, 0.29) is 18.4 Å². The molecule has 0 aliphatic heterocycles. The molecule has 4 heteroatoms. The third-order valence-corrected chi connectivity index (χ3v) is 4.90. The maximum Gasteiger partial charge on any atom is 0.151 e. The molecule has 1 N–H and O–H groups in total. The minimum Gasteiger partial charge on any atom is -0.396 e. The number of benzene rings is 1.